The highest BCUT2D eigenvalue weighted by atomic mass is 16.4. The Morgan fingerprint density at radius 1 is 1.40 bits per heavy atom. The Hall–Kier alpha value is -2.14. The zero-order valence-electron chi connectivity index (χ0n) is 11.2. The van der Waals surface area contributed by atoms with E-state index in [9.17, 15) is 0 Å². The van der Waals surface area contributed by atoms with Gasteiger partial charge in [0.2, 0.25) is 0 Å². The van der Waals surface area contributed by atoms with E-state index in [2.05, 4.69) is 21.1 Å². The summed E-state index contributed by atoms with van der Waals surface area (Å²) in [7, 11) is 0. The number of likely N-dealkylation sites (tertiary alicyclic amines) is 1. The summed E-state index contributed by atoms with van der Waals surface area (Å²) in [4.78, 5) is 6.64. The molecule has 3 N–H and O–H groups in total. The molecule has 1 fully saturated rings. The van der Waals surface area contributed by atoms with E-state index in [0.29, 0.717) is 5.84 Å². The molecule has 1 unspecified atom stereocenters. The van der Waals surface area contributed by atoms with Crippen LogP contribution >= 0.6 is 0 Å². The molecule has 20 heavy (non-hydrogen) atoms. The first-order valence-corrected chi connectivity index (χ1v) is 6.83. The lowest BCUT2D eigenvalue weighted by atomic mass is 10.1. The molecule has 0 aliphatic carbocycles. The molecule has 1 aliphatic rings. The molecular formula is C15H18N4O. The number of para-hydroxylation sites is 1. The first-order chi connectivity index (χ1) is 9.79. The molecule has 104 valence electrons. The van der Waals surface area contributed by atoms with Crippen LogP contribution in [-0.4, -0.2) is 33.5 Å². The van der Waals surface area contributed by atoms with Crippen LogP contribution in [0.25, 0.3) is 10.9 Å². The number of amidine groups is 1. The van der Waals surface area contributed by atoms with E-state index < -0.39 is 0 Å². The van der Waals surface area contributed by atoms with Crippen molar-refractivity contribution in [2.24, 2.45) is 10.9 Å². The Morgan fingerprint density at radius 3 is 3.10 bits per heavy atom. The minimum Gasteiger partial charge on any atom is -0.409 e. The molecule has 1 atom stereocenters. The van der Waals surface area contributed by atoms with Crippen molar-refractivity contribution in [1.82, 2.24) is 9.88 Å². The second kappa shape index (κ2) is 5.46. The third-order valence-corrected chi connectivity index (χ3v) is 3.93. The second-order valence-electron chi connectivity index (χ2n) is 5.14. The van der Waals surface area contributed by atoms with Crippen LogP contribution in [0.1, 0.15) is 18.4 Å². The van der Waals surface area contributed by atoms with Gasteiger partial charge in [0.05, 0.1) is 11.6 Å². The first kappa shape index (κ1) is 12.9. The molecule has 0 amide bonds. The summed E-state index contributed by atoms with van der Waals surface area (Å²) < 4.78 is 0. The molecule has 1 aromatic carbocycles. The number of rotatable bonds is 3. The van der Waals surface area contributed by atoms with Gasteiger partial charge in [-0.15, -0.1) is 0 Å². The first-order valence-electron chi connectivity index (χ1n) is 6.83. The molecule has 2 heterocycles. The van der Waals surface area contributed by atoms with Crippen LogP contribution < -0.4 is 5.73 Å². The van der Waals surface area contributed by atoms with Gasteiger partial charge in [-0.1, -0.05) is 23.4 Å². The fourth-order valence-corrected chi connectivity index (χ4v) is 2.93. The number of benzene rings is 1. The van der Waals surface area contributed by atoms with Crippen LogP contribution in [0.4, 0.5) is 0 Å². The maximum atomic E-state index is 8.88. The van der Waals surface area contributed by atoms with Crippen LogP contribution in [-0.2, 0) is 6.54 Å². The monoisotopic (exact) mass is 270 g/mol. The van der Waals surface area contributed by atoms with E-state index in [0.717, 1.165) is 31.4 Å². The van der Waals surface area contributed by atoms with Crippen molar-refractivity contribution >= 4 is 16.7 Å². The summed E-state index contributed by atoms with van der Waals surface area (Å²) in [5.41, 5.74) is 8.01. The molecule has 0 radical (unpaired) electrons. The van der Waals surface area contributed by atoms with E-state index in [4.69, 9.17) is 10.9 Å². The van der Waals surface area contributed by atoms with Crippen LogP contribution in [0.15, 0.2) is 41.7 Å². The van der Waals surface area contributed by atoms with Crippen LogP contribution in [0.3, 0.4) is 0 Å². The molecule has 0 bridgehead atoms. The maximum absolute atomic E-state index is 8.88. The highest BCUT2D eigenvalue weighted by Crippen LogP contribution is 2.23. The molecular weight excluding hydrogens is 252 g/mol. The number of hydrogen-bond acceptors (Lipinski definition) is 4. The summed E-state index contributed by atoms with van der Waals surface area (Å²) in [5, 5.41) is 13.2. The maximum Gasteiger partial charge on any atom is 0.156 e. The van der Waals surface area contributed by atoms with E-state index in [1.54, 1.807) is 0 Å². The Balaban J connectivity index is 1.89. The average Bonchev–Trinajstić information content (AvgIpc) is 2.95. The third kappa shape index (κ3) is 2.32. The van der Waals surface area contributed by atoms with Crippen molar-refractivity contribution in [1.29, 1.82) is 0 Å². The topological polar surface area (TPSA) is 74.7 Å². The van der Waals surface area contributed by atoms with E-state index in [1.807, 2.05) is 30.5 Å². The number of nitrogens with two attached hydrogens (primary N) is 1. The van der Waals surface area contributed by atoms with Gasteiger partial charge < -0.3 is 10.9 Å². The van der Waals surface area contributed by atoms with Crippen LogP contribution in [0.5, 0.6) is 0 Å². The average molecular weight is 270 g/mol. The lowest BCUT2D eigenvalue weighted by Gasteiger charge is -2.23. The molecule has 1 saturated heterocycles. The molecule has 1 aromatic heterocycles. The van der Waals surface area contributed by atoms with Crippen molar-refractivity contribution in [2.45, 2.75) is 25.4 Å². The fourth-order valence-electron chi connectivity index (χ4n) is 2.93. The number of oxime groups is 1. The minimum atomic E-state index is 0.0342. The Bertz CT molecular complexity index is 635. The van der Waals surface area contributed by atoms with Crippen LogP contribution in [0, 0.1) is 0 Å². The Morgan fingerprint density at radius 2 is 2.25 bits per heavy atom. The second-order valence-corrected chi connectivity index (χ2v) is 5.14. The smallest absolute Gasteiger partial charge is 0.156 e. The fraction of sp³-hybridized carbons (Fsp3) is 0.333. The SMILES string of the molecule is NC(=NO)C1CCCN1Cc1ccnc2ccccc12. The van der Waals surface area contributed by atoms with Crippen LogP contribution in [0.2, 0.25) is 0 Å². The van der Waals surface area contributed by atoms with Crippen molar-refractivity contribution in [3.63, 3.8) is 0 Å². The van der Waals surface area contributed by atoms with Gasteiger partial charge >= 0.3 is 0 Å². The van der Waals surface area contributed by atoms with Gasteiger partial charge in [-0.05, 0) is 37.1 Å². The standard InChI is InChI=1S/C15H18N4O/c16-15(18-20)14-6-3-9-19(14)10-11-7-8-17-13-5-2-1-4-12(11)13/h1-2,4-5,7-8,14,20H,3,6,9-10H2,(H2,16,18). The minimum absolute atomic E-state index is 0.0342. The van der Waals surface area contributed by atoms with Gasteiger partial charge in [-0.2, -0.15) is 0 Å². The van der Waals surface area contributed by atoms with Crippen molar-refractivity contribution < 1.29 is 5.21 Å². The summed E-state index contributed by atoms with van der Waals surface area (Å²) in [6.45, 7) is 1.77. The van der Waals surface area contributed by atoms with E-state index in [1.165, 1.54) is 10.9 Å². The van der Waals surface area contributed by atoms with Crippen molar-refractivity contribution in [2.75, 3.05) is 6.54 Å². The largest absolute Gasteiger partial charge is 0.409 e. The Kier molecular flexibility index (Phi) is 3.52. The van der Waals surface area contributed by atoms with Crippen molar-refractivity contribution in [3.8, 4) is 0 Å². The zero-order valence-corrected chi connectivity index (χ0v) is 11.2. The summed E-state index contributed by atoms with van der Waals surface area (Å²) in [6, 6.07) is 10.2. The van der Waals surface area contributed by atoms with Gasteiger partial charge in [0.15, 0.2) is 5.84 Å². The number of pyridine rings is 1. The molecule has 0 spiro atoms. The molecule has 3 rings (SSSR count). The normalized spacial score (nSPS) is 20.6. The van der Waals surface area contributed by atoms with E-state index >= 15 is 0 Å². The highest BCUT2D eigenvalue weighted by molar-refractivity contribution is 5.86. The van der Waals surface area contributed by atoms with Gasteiger partial charge in [-0.25, -0.2) is 0 Å². The molecule has 5 heteroatoms. The molecule has 1 aliphatic heterocycles. The predicted octanol–water partition coefficient (Wildman–Crippen LogP) is 1.95. The third-order valence-electron chi connectivity index (χ3n) is 3.93. The molecule has 0 saturated carbocycles. The Labute approximate surface area is 117 Å². The number of fused-ring (bicyclic) bond motifs is 1. The molecule has 5 nitrogen and oxygen atoms in total. The van der Waals surface area contributed by atoms with Gasteiger partial charge in [0.1, 0.15) is 0 Å². The quantitative estimate of drug-likeness (QED) is 0.387. The number of nitrogens with zero attached hydrogens (tertiary/aromatic N) is 3. The molecule has 2 aromatic rings. The van der Waals surface area contributed by atoms with E-state index in [-0.39, 0.29) is 6.04 Å². The van der Waals surface area contributed by atoms with Gasteiger partial charge in [0, 0.05) is 18.1 Å². The zero-order chi connectivity index (χ0) is 13.9. The lowest BCUT2D eigenvalue weighted by molar-refractivity contribution is 0.275. The lowest BCUT2D eigenvalue weighted by Crippen LogP contribution is -2.40. The summed E-state index contributed by atoms with van der Waals surface area (Å²) >= 11 is 0. The number of aromatic nitrogens is 1. The van der Waals surface area contributed by atoms with Gasteiger partial charge in [-0.3, -0.25) is 9.88 Å². The number of hydrogen-bond donors (Lipinski definition) is 2. The van der Waals surface area contributed by atoms with Crippen molar-refractivity contribution in [3.05, 3.63) is 42.1 Å². The summed E-state index contributed by atoms with van der Waals surface area (Å²) in [5.74, 6) is 0.306. The highest BCUT2D eigenvalue weighted by Gasteiger charge is 2.28. The predicted molar refractivity (Wildman–Crippen MR) is 78.6 cm³/mol. The van der Waals surface area contributed by atoms with Gasteiger partial charge in [0.25, 0.3) is 0 Å². The summed E-state index contributed by atoms with van der Waals surface area (Å²) in [6.07, 6.45) is 3.86.